The number of nitrogens with zero attached hydrogens (tertiary/aromatic N) is 2. The topological polar surface area (TPSA) is 42.0 Å². The van der Waals surface area contributed by atoms with Gasteiger partial charge in [0.1, 0.15) is 5.75 Å². The zero-order valence-electron chi connectivity index (χ0n) is 13.8. The number of carbonyl (C=O) groups is 1. The first-order valence-corrected chi connectivity index (χ1v) is 8.41. The maximum absolute atomic E-state index is 12.2. The van der Waals surface area contributed by atoms with Gasteiger partial charge < -0.3 is 14.4 Å². The molecule has 0 spiro atoms. The Morgan fingerprint density at radius 1 is 1.08 bits per heavy atom. The summed E-state index contributed by atoms with van der Waals surface area (Å²) in [7, 11) is 0. The fraction of sp³-hybridized carbons (Fsp3) is 0.588. The second kappa shape index (κ2) is 7.51. The highest BCUT2D eigenvalue weighted by molar-refractivity contribution is 5.70. The molecule has 2 fully saturated rings. The highest BCUT2D eigenvalue weighted by Gasteiger charge is 2.31. The van der Waals surface area contributed by atoms with Crippen molar-refractivity contribution in [2.45, 2.75) is 31.7 Å². The molecule has 1 aromatic rings. The van der Waals surface area contributed by atoms with Crippen molar-refractivity contribution >= 4 is 11.7 Å². The Morgan fingerprint density at radius 3 is 2.52 bits per heavy atom. The molecule has 0 N–H and O–H groups in total. The van der Waals surface area contributed by atoms with Crippen molar-refractivity contribution in [3.05, 3.63) is 24.3 Å². The number of hydrogen-bond acceptors (Lipinski definition) is 5. The maximum atomic E-state index is 12.2. The molecule has 2 aliphatic heterocycles. The highest BCUT2D eigenvalue weighted by atomic mass is 19.4. The number of benzene rings is 1. The first kappa shape index (κ1) is 17.8. The normalized spacial score (nSPS) is 23.1. The Morgan fingerprint density at radius 2 is 1.84 bits per heavy atom. The second-order valence-corrected chi connectivity index (χ2v) is 6.29. The molecule has 1 atom stereocenters. The van der Waals surface area contributed by atoms with Crippen molar-refractivity contribution < 1.29 is 27.4 Å². The smallest absolute Gasteiger partial charge is 0.466 e. The van der Waals surface area contributed by atoms with Gasteiger partial charge in [-0.3, -0.25) is 9.69 Å². The van der Waals surface area contributed by atoms with Crippen LogP contribution in [0.3, 0.4) is 0 Å². The average molecular weight is 358 g/mol. The molecule has 138 valence electrons. The first-order valence-electron chi connectivity index (χ1n) is 8.41. The lowest BCUT2D eigenvalue weighted by molar-refractivity contribution is -0.274. The van der Waals surface area contributed by atoms with E-state index in [-0.39, 0.29) is 17.8 Å². The number of alkyl halides is 3. The number of halogens is 3. The van der Waals surface area contributed by atoms with E-state index in [9.17, 15) is 18.0 Å². The minimum atomic E-state index is -4.67. The molecule has 1 aromatic carbocycles. The van der Waals surface area contributed by atoms with E-state index in [0.29, 0.717) is 13.0 Å². The molecule has 5 nitrogen and oxygen atoms in total. The number of cyclic esters (lactones) is 1. The van der Waals surface area contributed by atoms with Gasteiger partial charge in [0.05, 0.1) is 13.0 Å². The highest BCUT2D eigenvalue weighted by Crippen LogP contribution is 2.26. The van der Waals surface area contributed by atoms with Gasteiger partial charge in [-0.1, -0.05) is 0 Å². The van der Waals surface area contributed by atoms with Gasteiger partial charge in [-0.05, 0) is 37.1 Å². The summed E-state index contributed by atoms with van der Waals surface area (Å²) >= 11 is 0. The molecule has 8 heteroatoms. The maximum Gasteiger partial charge on any atom is 0.573 e. The largest absolute Gasteiger partial charge is 0.573 e. The van der Waals surface area contributed by atoms with Crippen LogP contribution < -0.4 is 9.64 Å². The Kier molecular flexibility index (Phi) is 5.36. The number of carbonyl (C=O) groups excluding carboxylic acids is 1. The lowest BCUT2D eigenvalue weighted by Crippen LogP contribution is -2.42. The van der Waals surface area contributed by atoms with Crippen LogP contribution in [0.2, 0.25) is 0 Å². The lowest BCUT2D eigenvalue weighted by atomic mass is 10.1. The average Bonchev–Trinajstić information content (AvgIpc) is 2.80. The van der Waals surface area contributed by atoms with Gasteiger partial charge >= 0.3 is 12.3 Å². The lowest BCUT2D eigenvalue weighted by Gasteiger charge is -2.32. The molecular weight excluding hydrogens is 337 g/mol. The Balaban J connectivity index is 1.58. The van der Waals surface area contributed by atoms with Crippen molar-refractivity contribution in [1.82, 2.24) is 4.90 Å². The summed E-state index contributed by atoms with van der Waals surface area (Å²) in [6.45, 7) is 3.80. The molecule has 0 saturated carbocycles. The van der Waals surface area contributed by atoms with Crippen LogP contribution in [-0.4, -0.2) is 56.1 Å². The molecule has 0 aliphatic carbocycles. The zero-order valence-corrected chi connectivity index (χ0v) is 13.8. The van der Waals surface area contributed by atoms with Crippen molar-refractivity contribution in [2.75, 3.05) is 37.7 Å². The fourth-order valence-corrected chi connectivity index (χ4v) is 3.39. The Labute approximate surface area is 144 Å². The summed E-state index contributed by atoms with van der Waals surface area (Å²) in [6, 6.07) is 6.19. The molecule has 3 rings (SSSR count). The van der Waals surface area contributed by atoms with Crippen molar-refractivity contribution in [2.24, 2.45) is 0 Å². The van der Waals surface area contributed by atoms with E-state index >= 15 is 0 Å². The van der Waals surface area contributed by atoms with E-state index in [1.807, 2.05) is 0 Å². The third-order valence-corrected chi connectivity index (χ3v) is 4.60. The van der Waals surface area contributed by atoms with Crippen LogP contribution in [-0.2, 0) is 9.53 Å². The first-order chi connectivity index (χ1) is 11.9. The molecule has 2 saturated heterocycles. The number of esters is 1. The molecule has 0 aromatic heterocycles. The fourth-order valence-electron chi connectivity index (χ4n) is 3.39. The molecular formula is C17H21F3N2O3. The van der Waals surface area contributed by atoms with E-state index in [4.69, 9.17) is 4.74 Å². The minimum absolute atomic E-state index is 0.141. The molecule has 25 heavy (non-hydrogen) atoms. The van der Waals surface area contributed by atoms with E-state index in [2.05, 4.69) is 14.5 Å². The molecule has 0 radical (unpaired) electrons. The molecule has 1 unspecified atom stereocenters. The monoisotopic (exact) mass is 358 g/mol. The third kappa shape index (κ3) is 5.01. The van der Waals surface area contributed by atoms with Gasteiger partial charge in [-0.2, -0.15) is 0 Å². The minimum Gasteiger partial charge on any atom is -0.466 e. The molecule has 0 bridgehead atoms. The summed E-state index contributed by atoms with van der Waals surface area (Å²) in [5.74, 6) is -0.356. The van der Waals surface area contributed by atoms with Gasteiger partial charge in [-0.25, -0.2) is 0 Å². The number of rotatable bonds is 3. The Hall–Kier alpha value is -1.96. The van der Waals surface area contributed by atoms with Crippen molar-refractivity contribution in [3.63, 3.8) is 0 Å². The van der Waals surface area contributed by atoms with E-state index < -0.39 is 6.36 Å². The van der Waals surface area contributed by atoms with Crippen molar-refractivity contribution in [1.29, 1.82) is 0 Å². The van der Waals surface area contributed by atoms with E-state index in [1.165, 1.54) is 12.1 Å². The number of ether oxygens (including phenoxy) is 2. The van der Waals surface area contributed by atoms with E-state index in [1.54, 1.807) is 12.1 Å². The zero-order chi connectivity index (χ0) is 17.9. The summed E-state index contributed by atoms with van der Waals surface area (Å²) in [5.41, 5.74) is 0.874. The summed E-state index contributed by atoms with van der Waals surface area (Å²) in [4.78, 5) is 15.9. The van der Waals surface area contributed by atoms with Gasteiger partial charge in [0, 0.05) is 37.9 Å². The van der Waals surface area contributed by atoms with E-state index in [0.717, 1.165) is 44.7 Å². The van der Waals surface area contributed by atoms with Crippen LogP contribution in [0.5, 0.6) is 5.75 Å². The summed E-state index contributed by atoms with van der Waals surface area (Å²) in [6.07, 6.45) is -2.45. The predicted octanol–water partition coefficient (Wildman–Crippen LogP) is 2.80. The van der Waals surface area contributed by atoms with Gasteiger partial charge in [-0.15, -0.1) is 13.2 Å². The van der Waals surface area contributed by atoms with Crippen LogP contribution >= 0.6 is 0 Å². The molecule has 2 aliphatic rings. The number of anilines is 1. The van der Waals surface area contributed by atoms with Crippen LogP contribution in [0.4, 0.5) is 18.9 Å². The van der Waals surface area contributed by atoms with Gasteiger partial charge in [0.25, 0.3) is 0 Å². The molecule has 0 amide bonds. The van der Waals surface area contributed by atoms with Crippen LogP contribution in [0, 0.1) is 0 Å². The summed E-state index contributed by atoms with van der Waals surface area (Å²) in [5, 5.41) is 0. The standard InChI is InChI=1S/C17H21F3N2O3/c18-17(19,20)25-15-4-2-13(3-5-15)21-7-1-8-22(10-9-21)14-6-11-24-16(23)12-14/h2-5,14H,1,6-12H2. The summed E-state index contributed by atoms with van der Waals surface area (Å²) < 4.78 is 45.6. The van der Waals surface area contributed by atoms with Crippen LogP contribution in [0.15, 0.2) is 24.3 Å². The molecule has 2 heterocycles. The van der Waals surface area contributed by atoms with Gasteiger partial charge in [0.2, 0.25) is 0 Å². The second-order valence-electron chi connectivity index (χ2n) is 6.29. The SMILES string of the molecule is O=C1CC(N2CCCN(c3ccc(OC(F)(F)F)cc3)CC2)CCO1. The quantitative estimate of drug-likeness (QED) is 0.778. The Bertz CT molecular complexity index is 592. The van der Waals surface area contributed by atoms with Crippen LogP contribution in [0.25, 0.3) is 0 Å². The third-order valence-electron chi connectivity index (χ3n) is 4.60. The predicted molar refractivity (Wildman–Crippen MR) is 85.5 cm³/mol. The van der Waals surface area contributed by atoms with Crippen LogP contribution in [0.1, 0.15) is 19.3 Å². The number of hydrogen-bond donors (Lipinski definition) is 0. The van der Waals surface area contributed by atoms with Gasteiger partial charge in [0.15, 0.2) is 0 Å². The van der Waals surface area contributed by atoms with Crippen molar-refractivity contribution in [3.8, 4) is 5.75 Å².